The number of carbonyl (C=O) groups excluding carboxylic acids is 1. The molecule has 0 radical (unpaired) electrons. The van der Waals surface area contributed by atoms with Crippen LogP contribution >= 0.6 is 34.3 Å². The molecule has 29 heavy (non-hydrogen) atoms. The predicted molar refractivity (Wildman–Crippen MR) is 116 cm³/mol. The third-order valence-corrected chi connectivity index (χ3v) is 6.62. The van der Waals surface area contributed by atoms with Gasteiger partial charge in [-0.15, -0.1) is 11.3 Å². The number of hydrogen-bond acceptors (Lipinski definition) is 6. The first-order valence-electron chi connectivity index (χ1n) is 8.82. The van der Waals surface area contributed by atoms with Gasteiger partial charge in [0.15, 0.2) is 0 Å². The number of nitrogens with zero attached hydrogens (tertiary/aromatic N) is 1. The van der Waals surface area contributed by atoms with E-state index >= 15 is 0 Å². The van der Waals surface area contributed by atoms with Crippen molar-refractivity contribution < 1.29 is 14.4 Å². The zero-order chi connectivity index (χ0) is 20.4. The fraction of sp³-hybridized carbons (Fsp3) is 0.143. The molecule has 5 nitrogen and oxygen atoms in total. The van der Waals surface area contributed by atoms with Gasteiger partial charge in [-0.1, -0.05) is 35.0 Å². The first kappa shape index (κ1) is 19.8. The third-order valence-electron chi connectivity index (χ3n) is 4.45. The van der Waals surface area contributed by atoms with Crippen LogP contribution in [0.5, 0.6) is 0 Å². The van der Waals surface area contributed by atoms with Gasteiger partial charge in [0.2, 0.25) is 0 Å². The van der Waals surface area contributed by atoms with Gasteiger partial charge in [0.1, 0.15) is 23.1 Å². The molecule has 0 aliphatic carbocycles. The molecule has 0 bridgehead atoms. The second-order valence-corrected chi connectivity index (χ2v) is 8.78. The van der Waals surface area contributed by atoms with Crippen LogP contribution in [0.1, 0.15) is 37.5 Å². The van der Waals surface area contributed by atoms with Crippen LogP contribution < -0.4 is 5.32 Å². The van der Waals surface area contributed by atoms with Gasteiger partial charge in [-0.25, -0.2) is 0 Å². The summed E-state index contributed by atoms with van der Waals surface area (Å²) in [5.41, 5.74) is 2.31. The number of aliphatic hydroxyl groups excluding tert-OH is 1. The summed E-state index contributed by atoms with van der Waals surface area (Å²) >= 11 is 9.27. The number of amides is 1. The van der Waals surface area contributed by atoms with Gasteiger partial charge in [-0.2, -0.15) is 11.3 Å². The predicted octanol–water partition coefficient (Wildman–Crippen LogP) is 5.44. The summed E-state index contributed by atoms with van der Waals surface area (Å²) in [5, 5.41) is 21.7. The summed E-state index contributed by atoms with van der Waals surface area (Å²) < 4.78 is 5.26. The van der Waals surface area contributed by atoms with Gasteiger partial charge in [-0.05, 0) is 47.5 Å². The largest absolute Gasteiger partial charge is 0.383 e. The maximum absolute atomic E-state index is 12.8. The van der Waals surface area contributed by atoms with Crippen LogP contribution in [-0.2, 0) is 6.54 Å². The van der Waals surface area contributed by atoms with Crippen molar-refractivity contribution in [3.63, 3.8) is 0 Å². The number of benzene rings is 1. The van der Waals surface area contributed by atoms with E-state index in [1.807, 2.05) is 41.1 Å². The van der Waals surface area contributed by atoms with Crippen LogP contribution in [0.25, 0.3) is 11.3 Å². The summed E-state index contributed by atoms with van der Waals surface area (Å²) in [4.78, 5) is 14.6. The number of carbonyl (C=O) groups is 1. The molecule has 1 amide bonds. The molecule has 0 saturated carbocycles. The molecule has 3 heterocycles. The van der Waals surface area contributed by atoms with Crippen molar-refractivity contribution in [2.24, 2.45) is 0 Å². The van der Waals surface area contributed by atoms with Crippen LogP contribution in [-0.4, -0.2) is 16.2 Å². The lowest BCUT2D eigenvalue weighted by atomic mass is 10.1. The standard InChI is InChI=1S/C21H17ClN2O3S2/c1-12-18(19(24-27-12)15-4-2-3-5-16(15)22)21(26)23-10-14-6-7-17(29-14)20(25)13-8-9-28-11-13/h2-9,11,20,25H,10H2,1H3,(H,23,26). The average Bonchev–Trinajstić information content (AvgIpc) is 3.47. The van der Waals surface area contributed by atoms with Crippen LogP contribution in [0.2, 0.25) is 5.02 Å². The van der Waals surface area contributed by atoms with E-state index in [4.69, 9.17) is 16.1 Å². The maximum Gasteiger partial charge on any atom is 0.257 e. The minimum atomic E-state index is -0.650. The summed E-state index contributed by atoms with van der Waals surface area (Å²) in [5.74, 6) is 0.143. The highest BCUT2D eigenvalue weighted by molar-refractivity contribution is 7.12. The molecule has 8 heteroatoms. The lowest BCUT2D eigenvalue weighted by Gasteiger charge is -2.07. The van der Waals surface area contributed by atoms with Crippen molar-refractivity contribution in [1.82, 2.24) is 10.5 Å². The number of nitrogens with one attached hydrogen (secondary N) is 1. The molecule has 0 fully saturated rings. The van der Waals surface area contributed by atoms with E-state index in [0.717, 1.165) is 15.3 Å². The fourth-order valence-electron chi connectivity index (χ4n) is 2.96. The maximum atomic E-state index is 12.8. The number of thiophene rings is 2. The second kappa shape index (κ2) is 8.51. The van der Waals surface area contributed by atoms with E-state index in [0.29, 0.717) is 34.1 Å². The lowest BCUT2D eigenvalue weighted by molar-refractivity contribution is 0.0950. The Balaban J connectivity index is 1.49. The van der Waals surface area contributed by atoms with E-state index in [1.165, 1.54) is 11.3 Å². The van der Waals surface area contributed by atoms with Gasteiger partial charge >= 0.3 is 0 Å². The van der Waals surface area contributed by atoms with Crippen LogP contribution in [0.4, 0.5) is 0 Å². The summed E-state index contributed by atoms with van der Waals surface area (Å²) in [7, 11) is 0. The monoisotopic (exact) mass is 444 g/mol. The Kier molecular flexibility index (Phi) is 5.82. The number of hydrogen-bond donors (Lipinski definition) is 2. The molecule has 1 unspecified atom stereocenters. The lowest BCUT2D eigenvalue weighted by Crippen LogP contribution is -2.23. The smallest absolute Gasteiger partial charge is 0.257 e. The Bertz CT molecular complexity index is 1130. The van der Waals surface area contributed by atoms with Crippen LogP contribution in [0.3, 0.4) is 0 Å². The second-order valence-electron chi connectivity index (χ2n) is 6.39. The van der Waals surface area contributed by atoms with Crippen molar-refractivity contribution in [1.29, 1.82) is 0 Å². The number of aromatic nitrogens is 1. The third kappa shape index (κ3) is 4.13. The summed E-state index contributed by atoms with van der Waals surface area (Å²) in [6.45, 7) is 2.04. The minimum absolute atomic E-state index is 0.285. The highest BCUT2D eigenvalue weighted by Gasteiger charge is 2.23. The Morgan fingerprint density at radius 1 is 1.28 bits per heavy atom. The Labute approximate surface area is 180 Å². The molecule has 1 aromatic carbocycles. The van der Waals surface area contributed by atoms with Gasteiger partial charge < -0.3 is 14.9 Å². The molecule has 2 N–H and O–H groups in total. The highest BCUT2D eigenvalue weighted by Crippen LogP contribution is 2.32. The molecule has 3 aromatic heterocycles. The first-order valence-corrected chi connectivity index (χ1v) is 11.0. The Hall–Kier alpha value is -2.45. The average molecular weight is 445 g/mol. The van der Waals surface area contributed by atoms with Gasteiger partial charge in [0.05, 0.1) is 11.6 Å². The van der Waals surface area contributed by atoms with Crippen molar-refractivity contribution in [3.8, 4) is 11.3 Å². The van der Waals surface area contributed by atoms with Crippen molar-refractivity contribution in [2.45, 2.75) is 19.6 Å². The SMILES string of the molecule is Cc1onc(-c2ccccc2Cl)c1C(=O)NCc1ccc(C(O)c2ccsc2)s1. The number of aryl methyl sites for hydroxylation is 1. The Morgan fingerprint density at radius 2 is 2.10 bits per heavy atom. The molecular weight excluding hydrogens is 428 g/mol. The molecular formula is C21H17ClN2O3S2. The number of halogens is 1. The van der Waals surface area contributed by atoms with Gasteiger partial charge in [0.25, 0.3) is 5.91 Å². The van der Waals surface area contributed by atoms with E-state index in [-0.39, 0.29) is 5.91 Å². The van der Waals surface area contributed by atoms with Crippen molar-refractivity contribution >= 4 is 40.2 Å². The highest BCUT2D eigenvalue weighted by atomic mass is 35.5. The zero-order valence-electron chi connectivity index (χ0n) is 15.4. The molecule has 4 rings (SSSR count). The van der Waals surface area contributed by atoms with Crippen molar-refractivity contribution in [2.75, 3.05) is 0 Å². The quantitative estimate of drug-likeness (QED) is 0.415. The zero-order valence-corrected chi connectivity index (χ0v) is 17.8. The van der Waals surface area contributed by atoms with E-state index < -0.39 is 6.10 Å². The molecule has 0 aliphatic rings. The van der Waals surface area contributed by atoms with Crippen LogP contribution in [0, 0.1) is 6.92 Å². The van der Waals surface area contributed by atoms with Gasteiger partial charge in [-0.3, -0.25) is 4.79 Å². The summed E-state index contributed by atoms with van der Waals surface area (Å²) in [6.07, 6.45) is -0.650. The Morgan fingerprint density at radius 3 is 2.86 bits per heavy atom. The molecule has 4 aromatic rings. The first-order chi connectivity index (χ1) is 14.0. The van der Waals surface area contributed by atoms with Crippen molar-refractivity contribution in [3.05, 3.63) is 84.9 Å². The molecule has 0 aliphatic heterocycles. The van der Waals surface area contributed by atoms with E-state index in [1.54, 1.807) is 30.4 Å². The van der Waals surface area contributed by atoms with Crippen LogP contribution in [0.15, 0.2) is 57.7 Å². The molecule has 0 spiro atoms. The van der Waals surface area contributed by atoms with E-state index in [2.05, 4.69) is 10.5 Å². The van der Waals surface area contributed by atoms with E-state index in [9.17, 15) is 9.90 Å². The molecule has 1 atom stereocenters. The topological polar surface area (TPSA) is 75.4 Å². The van der Waals surface area contributed by atoms with Gasteiger partial charge in [0, 0.05) is 15.3 Å². The summed E-state index contributed by atoms with van der Waals surface area (Å²) in [6, 6.07) is 12.9. The number of aliphatic hydroxyl groups is 1. The molecule has 0 saturated heterocycles. The fourth-order valence-corrected chi connectivity index (χ4v) is 4.83. The minimum Gasteiger partial charge on any atom is -0.383 e. The normalized spacial score (nSPS) is 12.1. The number of rotatable bonds is 6. The molecule has 148 valence electrons.